The lowest BCUT2D eigenvalue weighted by Gasteiger charge is -2.30. The summed E-state index contributed by atoms with van der Waals surface area (Å²) in [7, 11) is 0. The van der Waals surface area contributed by atoms with Gasteiger partial charge in [-0.05, 0) is 24.5 Å². The van der Waals surface area contributed by atoms with E-state index in [-0.39, 0.29) is 17.5 Å². The molecule has 1 aromatic rings. The van der Waals surface area contributed by atoms with Gasteiger partial charge in [0.1, 0.15) is 5.84 Å². The molecule has 134 valence electrons. The van der Waals surface area contributed by atoms with Gasteiger partial charge in [0, 0.05) is 23.7 Å². The van der Waals surface area contributed by atoms with E-state index < -0.39 is 17.9 Å². The molecule has 0 aromatic heterocycles. The van der Waals surface area contributed by atoms with Crippen LogP contribution >= 0.6 is 0 Å². The lowest BCUT2D eigenvalue weighted by molar-refractivity contribution is -0.169. The Kier molecular flexibility index (Phi) is 4.53. The molecule has 8 heteroatoms. The lowest BCUT2D eigenvalue weighted by Crippen LogP contribution is -2.36. The van der Waals surface area contributed by atoms with Crippen LogP contribution in [0.25, 0.3) is 0 Å². The van der Waals surface area contributed by atoms with Crippen molar-refractivity contribution < 1.29 is 22.8 Å². The second-order valence-corrected chi connectivity index (χ2v) is 6.40. The van der Waals surface area contributed by atoms with Crippen molar-refractivity contribution in [3.63, 3.8) is 0 Å². The van der Waals surface area contributed by atoms with Gasteiger partial charge in [0.15, 0.2) is 0 Å². The van der Waals surface area contributed by atoms with Gasteiger partial charge < -0.3 is 10.6 Å². The quantitative estimate of drug-likeness (QED) is 0.656. The van der Waals surface area contributed by atoms with Gasteiger partial charge in [-0.3, -0.25) is 9.59 Å². The fourth-order valence-electron chi connectivity index (χ4n) is 3.41. The van der Waals surface area contributed by atoms with Crippen LogP contribution in [-0.2, 0) is 11.3 Å². The average Bonchev–Trinajstić information content (AvgIpc) is 2.91. The Bertz CT molecular complexity index is 737. The van der Waals surface area contributed by atoms with Crippen molar-refractivity contribution >= 4 is 17.6 Å². The molecule has 25 heavy (non-hydrogen) atoms. The Morgan fingerprint density at radius 3 is 2.52 bits per heavy atom. The number of carbonyl (C=O) groups is 2. The Labute approximate surface area is 142 Å². The molecule has 0 atom stereocenters. The molecule has 2 N–H and O–H groups in total. The maximum atomic E-state index is 12.7. The highest BCUT2D eigenvalue weighted by molar-refractivity contribution is 6.07. The Hall–Kier alpha value is -2.38. The second-order valence-electron chi connectivity index (χ2n) is 6.40. The van der Waals surface area contributed by atoms with Crippen molar-refractivity contribution in [3.05, 3.63) is 34.9 Å². The molecule has 1 aliphatic heterocycles. The van der Waals surface area contributed by atoms with Crippen LogP contribution in [0, 0.1) is 0 Å². The van der Waals surface area contributed by atoms with Crippen LogP contribution in [0.1, 0.15) is 53.6 Å². The van der Waals surface area contributed by atoms with Crippen LogP contribution in [0.5, 0.6) is 0 Å². The second kappa shape index (κ2) is 6.50. The summed E-state index contributed by atoms with van der Waals surface area (Å²) < 4.78 is 36.9. The SMILES string of the molecule is NC(=NC(=O)C(F)(F)F)c1ccc2c(c1)C(=O)N(C1CCCCC1)C2. The normalized spacial score (nSPS) is 19.2. The summed E-state index contributed by atoms with van der Waals surface area (Å²) in [5, 5.41) is 0. The molecule has 1 aliphatic carbocycles. The first-order chi connectivity index (χ1) is 11.8. The van der Waals surface area contributed by atoms with Gasteiger partial charge in [-0.15, -0.1) is 0 Å². The van der Waals surface area contributed by atoms with Gasteiger partial charge in [-0.1, -0.05) is 31.4 Å². The van der Waals surface area contributed by atoms with Gasteiger partial charge >= 0.3 is 12.1 Å². The number of nitrogens with two attached hydrogens (primary N) is 1. The first-order valence-corrected chi connectivity index (χ1v) is 8.17. The Morgan fingerprint density at radius 2 is 1.88 bits per heavy atom. The number of nitrogens with zero attached hydrogens (tertiary/aromatic N) is 2. The van der Waals surface area contributed by atoms with E-state index in [9.17, 15) is 22.8 Å². The number of rotatable bonds is 2. The molecule has 5 nitrogen and oxygen atoms in total. The molecule has 1 fully saturated rings. The summed E-state index contributed by atoms with van der Waals surface area (Å²) in [5.74, 6) is -2.95. The van der Waals surface area contributed by atoms with Crippen molar-refractivity contribution in [1.29, 1.82) is 0 Å². The van der Waals surface area contributed by atoms with Crippen LogP contribution in [0.3, 0.4) is 0 Å². The topological polar surface area (TPSA) is 75.8 Å². The number of halogens is 3. The molecule has 0 spiro atoms. The summed E-state index contributed by atoms with van der Waals surface area (Å²) in [6.07, 6.45) is 0.224. The van der Waals surface area contributed by atoms with E-state index in [1.54, 1.807) is 6.07 Å². The third kappa shape index (κ3) is 3.52. The van der Waals surface area contributed by atoms with E-state index in [1.165, 1.54) is 18.6 Å². The zero-order valence-electron chi connectivity index (χ0n) is 13.5. The number of benzene rings is 1. The van der Waals surface area contributed by atoms with E-state index in [4.69, 9.17) is 5.73 Å². The lowest BCUT2D eigenvalue weighted by atomic mass is 9.94. The van der Waals surface area contributed by atoms with Crippen molar-refractivity contribution in [2.75, 3.05) is 0 Å². The molecule has 1 aromatic carbocycles. The molecule has 3 rings (SSSR count). The molecule has 0 saturated heterocycles. The van der Waals surface area contributed by atoms with Crippen LogP contribution in [0.4, 0.5) is 13.2 Å². The Morgan fingerprint density at radius 1 is 1.20 bits per heavy atom. The first kappa shape index (κ1) is 17.4. The smallest absolute Gasteiger partial charge is 0.383 e. The molecule has 2 aliphatic rings. The monoisotopic (exact) mass is 353 g/mol. The maximum Gasteiger partial charge on any atom is 0.473 e. The summed E-state index contributed by atoms with van der Waals surface area (Å²) in [6.45, 7) is 0.498. The van der Waals surface area contributed by atoms with Crippen molar-refractivity contribution in [3.8, 4) is 0 Å². The maximum absolute atomic E-state index is 12.7. The third-order valence-corrected chi connectivity index (χ3v) is 4.72. The van der Waals surface area contributed by atoms with E-state index in [1.807, 2.05) is 4.90 Å². The first-order valence-electron chi connectivity index (χ1n) is 8.17. The highest BCUT2D eigenvalue weighted by Crippen LogP contribution is 2.31. The van der Waals surface area contributed by atoms with E-state index in [0.29, 0.717) is 12.1 Å². The molecule has 0 unspecified atom stereocenters. The zero-order chi connectivity index (χ0) is 18.2. The summed E-state index contributed by atoms with van der Waals surface area (Å²) in [6, 6.07) is 4.77. The number of amidine groups is 1. The summed E-state index contributed by atoms with van der Waals surface area (Å²) in [5.41, 5.74) is 6.88. The van der Waals surface area contributed by atoms with Crippen LogP contribution in [0.15, 0.2) is 23.2 Å². The van der Waals surface area contributed by atoms with Gasteiger partial charge in [-0.25, -0.2) is 0 Å². The van der Waals surface area contributed by atoms with Gasteiger partial charge in [0.25, 0.3) is 5.91 Å². The highest BCUT2D eigenvalue weighted by atomic mass is 19.4. The van der Waals surface area contributed by atoms with E-state index in [0.717, 1.165) is 31.2 Å². The number of carbonyl (C=O) groups excluding carboxylic acids is 2. The number of hydrogen-bond donors (Lipinski definition) is 1. The van der Waals surface area contributed by atoms with Gasteiger partial charge in [0.2, 0.25) is 0 Å². The molecule has 1 saturated carbocycles. The van der Waals surface area contributed by atoms with Crippen molar-refractivity contribution in [1.82, 2.24) is 4.90 Å². The predicted molar refractivity (Wildman–Crippen MR) is 85.0 cm³/mol. The Balaban J connectivity index is 1.82. The number of fused-ring (bicyclic) bond motifs is 1. The number of amides is 2. The minimum absolute atomic E-state index is 0.134. The van der Waals surface area contributed by atoms with Crippen LogP contribution < -0.4 is 5.73 Å². The van der Waals surface area contributed by atoms with Crippen molar-refractivity contribution in [2.24, 2.45) is 10.7 Å². The standard InChI is InChI=1S/C17H18F3N3O2/c18-17(19,20)16(25)22-14(21)10-6-7-11-9-23(15(24)13(11)8-10)12-4-2-1-3-5-12/h6-8,12H,1-5,9H2,(H2,21,22,25). The molecular formula is C17H18F3N3O2. The van der Waals surface area contributed by atoms with Gasteiger partial charge in [0.05, 0.1) is 0 Å². The fourth-order valence-corrected chi connectivity index (χ4v) is 3.41. The molecule has 0 bridgehead atoms. The summed E-state index contributed by atoms with van der Waals surface area (Å²) in [4.78, 5) is 28.3. The number of hydrogen-bond acceptors (Lipinski definition) is 2. The number of alkyl halides is 3. The van der Waals surface area contributed by atoms with E-state index in [2.05, 4.69) is 4.99 Å². The minimum atomic E-state index is -5.07. The van der Waals surface area contributed by atoms with Crippen LogP contribution in [-0.4, -0.2) is 34.8 Å². The molecule has 0 radical (unpaired) electrons. The summed E-state index contributed by atoms with van der Waals surface area (Å²) >= 11 is 0. The third-order valence-electron chi connectivity index (χ3n) is 4.72. The minimum Gasteiger partial charge on any atom is -0.383 e. The van der Waals surface area contributed by atoms with Gasteiger partial charge in [-0.2, -0.15) is 18.2 Å². The predicted octanol–water partition coefficient (Wildman–Crippen LogP) is 2.77. The van der Waals surface area contributed by atoms with E-state index >= 15 is 0 Å². The van der Waals surface area contributed by atoms with Crippen LogP contribution in [0.2, 0.25) is 0 Å². The molecule has 1 heterocycles. The fraction of sp³-hybridized carbons (Fsp3) is 0.471. The highest BCUT2D eigenvalue weighted by Gasteiger charge is 2.39. The molecular weight excluding hydrogens is 335 g/mol. The molecule has 2 amide bonds. The largest absolute Gasteiger partial charge is 0.473 e. The average molecular weight is 353 g/mol. The number of aliphatic imine (C=N–C) groups is 1. The van der Waals surface area contributed by atoms with Crippen molar-refractivity contribution in [2.45, 2.75) is 50.9 Å². The zero-order valence-corrected chi connectivity index (χ0v) is 13.5.